The van der Waals surface area contributed by atoms with Crippen molar-refractivity contribution in [3.63, 3.8) is 0 Å². The van der Waals surface area contributed by atoms with Crippen molar-refractivity contribution in [2.45, 2.75) is 46.1 Å². The minimum absolute atomic E-state index is 0.0290. The first-order valence-electron chi connectivity index (χ1n) is 5.03. The molecule has 0 atom stereocenters. The second-order valence-corrected chi connectivity index (χ2v) is 4.60. The van der Waals surface area contributed by atoms with Crippen LogP contribution in [-0.4, -0.2) is 18.8 Å². The molecule has 0 aliphatic rings. The quantitative estimate of drug-likeness (QED) is 0.363. The Morgan fingerprint density at radius 1 is 1.38 bits per heavy atom. The molecule has 80 valence electrons. The topological polar surface area (TPSA) is 47.3 Å². The molecule has 3 N–H and O–H groups in total. The number of ether oxygens (including phenoxy) is 1. The lowest BCUT2D eigenvalue weighted by Gasteiger charge is -2.23. The molecule has 0 aromatic rings. The summed E-state index contributed by atoms with van der Waals surface area (Å²) in [7, 11) is 0. The molecule has 3 nitrogen and oxygen atoms in total. The van der Waals surface area contributed by atoms with Crippen molar-refractivity contribution in [1.82, 2.24) is 5.43 Å². The number of nitrogens with one attached hydrogen (secondary N) is 1. The maximum atomic E-state index is 5.47. The van der Waals surface area contributed by atoms with Gasteiger partial charge in [0.1, 0.15) is 0 Å². The summed E-state index contributed by atoms with van der Waals surface area (Å²) in [4.78, 5) is 0. The van der Waals surface area contributed by atoms with Crippen LogP contribution in [0, 0.1) is 5.92 Å². The van der Waals surface area contributed by atoms with Crippen LogP contribution in [0.4, 0.5) is 0 Å². The average molecular weight is 188 g/mol. The van der Waals surface area contributed by atoms with Crippen molar-refractivity contribution in [3.05, 3.63) is 0 Å². The monoisotopic (exact) mass is 188 g/mol. The van der Waals surface area contributed by atoms with Gasteiger partial charge in [-0.05, 0) is 32.6 Å². The average Bonchev–Trinajstić information content (AvgIpc) is 2.03. The highest BCUT2D eigenvalue weighted by molar-refractivity contribution is 4.73. The number of hydrazine groups is 1. The van der Waals surface area contributed by atoms with Crippen molar-refractivity contribution in [3.8, 4) is 0 Å². The van der Waals surface area contributed by atoms with Gasteiger partial charge in [-0.1, -0.05) is 13.8 Å². The summed E-state index contributed by atoms with van der Waals surface area (Å²) in [6, 6.07) is 0. The maximum absolute atomic E-state index is 5.47. The van der Waals surface area contributed by atoms with Gasteiger partial charge in [0.15, 0.2) is 0 Å². The molecule has 0 rings (SSSR count). The lowest BCUT2D eigenvalue weighted by Crippen LogP contribution is -2.44. The highest BCUT2D eigenvalue weighted by Gasteiger charge is 2.13. The summed E-state index contributed by atoms with van der Waals surface area (Å²) in [5, 5.41) is 0. The first-order chi connectivity index (χ1) is 5.98. The molecule has 3 heteroatoms. The van der Waals surface area contributed by atoms with Crippen LogP contribution in [-0.2, 0) is 4.74 Å². The van der Waals surface area contributed by atoms with Gasteiger partial charge in [-0.25, -0.2) is 0 Å². The maximum Gasteiger partial charge on any atom is 0.0488 e. The Labute approximate surface area is 82.0 Å². The van der Waals surface area contributed by atoms with Crippen LogP contribution in [0.2, 0.25) is 0 Å². The molecular formula is C10H24N2O. The van der Waals surface area contributed by atoms with E-state index in [0.29, 0.717) is 5.92 Å². The van der Waals surface area contributed by atoms with E-state index >= 15 is 0 Å². The van der Waals surface area contributed by atoms with Gasteiger partial charge in [-0.15, -0.1) is 0 Å². The number of hydrogen-bond acceptors (Lipinski definition) is 3. The fourth-order valence-corrected chi connectivity index (χ4v) is 1.01. The first kappa shape index (κ1) is 12.9. The van der Waals surface area contributed by atoms with Crippen molar-refractivity contribution < 1.29 is 4.74 Å². The number of hydrogen-bond donors (Lipinski definition) is 2. The van der Waals surface area contributed by atoms with Crippen LogP contribution < -0.4 is 11.3 Å². The van der Waals surface area contributed by atoms with Gasteiger partial charge < -0.3 is 4.74 Å². The van der Waals surface area contributed by atoms with Gasteiger partial charge in [-0.2, -0.15) is 0 Å². The van der Waals surface area contributed by atoms with Gasteiger partial charge in [0.2, 0.25) is 0 Å². The predicted molar refractivity (Wildman–Crippen MR) is 56.3 cm³/mol. The Bertz CT molecular complexity index is 124. The molecular weight excluding hydrogens is 164 g/mol. The van der Waals surface area contributed by atoms with E-state index < -0.39 is 0 Å². The zero-order valence-corrected chi connectivity index (χ0v) is 9.39. The highest BCUT2D eigenvalue weighted by Crippen LogP contribution is 2.09. The smallest absolute Gasteiger partial charge is 0.0488 e. The van der Waals surface area contributed by atoms with Crippen LogP contribution in [0.25, 0.3) is 0 Å². The number of nitrogens with two attached hydrogens (primary N) is 1. The van der Waals surface area contributed by atoms with Crippen molar-refractivity contribution in [2.75, 3.05) is 13.2 Å². The molecule has 0 heterocycles. The van der Waals surface area contributed by atoms with Gasteiger partial charge >= 0.3 is 0 Å². The molecule has 0 unspecified atom stereocenters. The minimum atomic E-state index is 0.0290. The molecule has 0 aromatic carbocycles. The zero-order chi connectivity index (χ0) is 10.3. The third-order valence-electron chi connectivity index (χ3n) is 1.93. The van der Waals surface area contributed by atoms with Crippen LogP contribution in [0.15, 0.2) is 0 Å². The van der Waals surface area contributed by atoms with Crippen LogP contribution >= 0.6 is 0 Å². The van der Waals surface area contributed by atoms with Gasteiger partial charge in [-0.3, -0.25) is 11.3 Å². The van der Waals surface area contributed by atoms with E-state index in [1.165, 1.54) is 0 Å². The van der Waals surface area contributed by atoms with Gasteiger partial charge in [0, 0.05) is 18.8 Å². The van der Waals surface area contributed by atoms with E-state index in [1.807, 2.05) is 0 Å². The van der Waals surface area contributed by atoms with Crippen LogP contribution in [0.1, 0.15) is 40.5 Å². The van der Waals surface area contributed by atoms with E-state index in [9.17, 15) is 0 Å². The molecule has 0 amide bonds. The molecule has 0 bridgehead atoms. The highest BCUT2D eigenvalue weighted by atomic mass is 16.5. The van der Waals surface area contributed by atoms with E-state index in [-0.39, 0.29) is 5.54 Å². The lowest BCUT2D eigenvalue weighted by molar-refractivity contribution is 0.102. The summed E-state index contributed by atoms with van der Waals surface area (Å²) < 4.78 is 5.47. The molecule has 0 radical (unpaired) electrons. The molecule has 0 aliphatic heterocycles. The fourth-order valence-electron chi connectivity index (χ4n) is 1.01. The molecule has 0 saturated carbocycles. The first-order valence-corrected chi connectivity index (χ1v) is 5.03. The summed E-state index contributed by atoms with van der Waals surface area (Å²) in [6.07, 6.45) is 2.10. The normalized spacial score (nSPS) is 12.5. The standard InChI is InChI=1S/C10H24N2O/c1-9(2)8-13-7-5-6-10(3,4)12-11/h9,12H,5-8,11H2,1-4H3. The van der Waals surface area contributed by atoms with Crippen LogP contribution in [0.3, 0.4) is 0 Å². The largest absolute Gasteiger partial charge is 0.381 e. The summed E-state index contributed by atoms with van der Waals surface area (Å²) in [5.41, 5.74) is 2.81. The Kier molecular flexibility index (Phi) is 6.29. The summed E-state index contributed by atoms with van der Waals surface area (Å²) in [5.74, 6) is 6.00. The van der Waals surface area contributed by atoms with E-state index in [2.05, 4.69) is 33.1 Å². The lowest BCUT2D eigenvalue weighted by atomic mass is 10.00. The molecule has 0 aromatic heterocycles. The molecule has 0 aliphatic carbocycles. The second-order valence-electron chi connectivity index (χ2n) is 4.60. The van der Waals surface area contributed by atoms with Crippen molar-refractivity contribution in [1.29, 1.82) is 0 Å². The summed E-state index contributed by atoms with van der Waals surface area (Å²) in [6.45, 7) is 10.2. The molecule has 0 saturated heterocycles. The minimum Gasteiger partial charge on any atom is -0.381 e. The van der Waals surface area contributed by atoms with Crippen LogP contribution in [0.5, 0.6) is 0 Å². The third-order valence-corrected chi connectivity index (χ3v) is 1.93. The van der Waals surface area contributed by atoms with Crippen molar-refractivity contribution >= 4 is 0 Å². The molecule has 0 fully saturated rings. The van der Waals surface area contributed by atoms with E-state index in [4.69, 9.17) is 10.6 Å². The Morgan fingerprint density at radius 2 is 2.00 bits per heavy atom. The Balaban J connectivity index is 3.26. The molecule has 0 spiro atoms. The van der Waals surface area contributed by atoms with Crippen molar-refractivity contribution in [2.24, 2.45) is 11.8 Å². The third kappa shape index (κ3) is 8.22. The fraction of sp³-hybridized carbons (Fsp3) is 1.00. The zero-order valence-electron chi connectivity index (χ0n) is 9.39. The predicted octanol–water partition coefficient (Wildman–Crippen LogP) is 1.68. The SMILES string of the molecule is CC(C)COCCCC(C)(C)NN. The number of rotatable bonds is 7. The van der Waals surface area contributed by atoms with Gasteiger partial charge in [0.25, 0.3) is 0 Å². The Hall–Kier alpha value is -0.120. The Morgan fingerprint density at radius 3 is 2.46 bits per heavy atom. The van der Waals surface area contributed by atoms with E-state index in [1.54, 1.807) is 0 Å². The molecule has 13 heavy (non-hydrogen) atoms. The van der Waals surface area contributed by atoms with Gasteiger partial charge in [0.05, 0.1) is 0 Å². The van der Waals surface area contributed by atoms with E-state index in [0.717, 1.165) is 26.1 Å². The summed E-state index contributed by atoms with van der Waals surface area (Å²) >= 11 is 0. The second kappa shape index (κ2) is 6.35.